The fraction of sp³-hybridized carbons (Fsp3) is 0.188. The van der Waals surface area contributed by atoms with Crippen molar-refractivity contribution >= 4 is 33.2 Å². The van der Waals surface area contributed by atoms with Crippen molar-refractivity contribution in [3.63, 3.8) is 0 Å². The SMILES string of the molecule is CN(Cc1ccccc1Cl)C(=O)c1ccccc1NS(C)(=O)=O. The Morgan fingerprint density at radius 2 is 1.74 bits per heavy atom. The van der Waals surface area contributed by atoms with E-state index in [1.165, 1.54) is 4.90 Å². The maximum Gasteiger partial charge on any atom is 0.256 e. The van der Waals surface area contributed by atoms with Gasteiger partial charge in [-0.15, -0.1) is 0 Å². The van der Waals surface area contributed by atoms with Gasteiger partial charge in [-0.05, 0) is 23.8 Å². The third-order valence-electron chi connectivity index (χ3n) is 3.16. The molecule has 122 valence electrons. The highest BCUT2D eigenvalue weighted by atomic mass is 35.5. The van der Waals surface area contributed by atoms with Crippen LogP contribution in [0, 0.1) is 0 Å². The molecule has 0 radical (unpaired) electrons. The summed E-state index contributed by atoms with van der Waals surface area (Å²) in [5, 5.41) is 0.578. The van der Waals surface area contributed by atoms with Crippen molar-refractivity contribution in [1.82, 2.24) is 4.90 Å². The average Bonchev–Trinajstić information content (AvgIpc) is 2.48. The smallest absolute Gasteiger partial charge is 0.256 e. The van der Waals surface area contributed by atoms with Crippen LogP contribution in [0.1, 0.15) is 15.9 Å². The topological polar surface area (TPSA) is 66.5 Å². The minimum atomic E-state index is -3.47. The number of hydrogen-bond donors (Lipinski definition) is 1. The van der Waals surface area contributed by atoms with Gasteiger partial charge in [0, 0.05) is 18.6 Å². The summed E-state index contributed by atoms with van der Waals surface area (Å²) in [6.07, 6.45) is 1.04. The highest BCUT2D eigenvalue weighted by Gasteiger charge is 2.18. The Hall–Kier alpha value is -2.05. The lowest BCUT2D eigenvalue weighted by Crippen LogP contribution is -2.27. The lowest BCUT2D eigenvalue weighted by Gasteiger charge is -2.20. The molecule has 0 atom stereocenters. The van der Waals surface area contributed by atoms with Gasteiger partial charge in [0.2, 0.25) is 10.0 Å². The summed E-state index contributed by atoms with van der Waals surface area (Å²) >= 11 is 6.11. The van der Waals surface area contributed by atoms with E-state index in [2.05, 4.69) is 4.72 Å². The van der Waals surface area contributed by atoms with E-state index in [4.69, 9.17) is 11.6 Å². The van der Waals surface area contributed by atoms with Gasteiger partial charge in [-0.1, -0.05) is 41.9 Å². The molecule has 2 aromatic rings. The maximum absolute atomic E-state index is 12.6. The van der Waals surface area contributed by atoms with Gasteiger partial charge in [0.25, 0.3) is 5.91 Å². The first-order chi connectivity index (χ1) is 10.8. The van der Waals surface area contributed by atoms with Crippen molar-refractivity contribution in [3.05, 3.63) is 64.7 Å². The number of para-hydroxylation sites is 1. The number of carbonyl (C=O) groups is 1. The second-order valence-electron chi connectivity index (χ2n) is 5.17. The zero-order valence-corrected chi connectivity index (χ0v) is 14.4. The first-order valence-corrected chi connectivity index (χ1v) is 9.10. The van der Waals surface area contributed by atoms with Gasteiger partial charge >= 0.3 is 0 Å². The molecule has 0 aliphatic rings. The maximum atomic E-state index is 12.6. The number of anilines is 1. The van der Waals surface area contributed by atoms with E-state index in [1.807, 2.05) is 18.2 Å². The quantitative estimate of drug-likeness (QED) is 0.899. The first kappa shape index (κ1) is 17.3. The van der Waals surface area contributed by atoms with E-state index in [-0.39, 0.29) is 17.2 Å². The molecule has 0 fully saturated rings. The summed E-state index contributed by atoms with van der Waals surface area (Å²) < 4.78 is 25.2. The normalized spacial score (nSPS) is 11.1. The van der Waals surface area contributed by atoms with Crippen molar-refractivity contribution in [2.75, 3.05) is 18.0 Å². The summed E-state index contributed by atoms with van der Waals surface area (Å²) in [5.74, 6) is -0.295. The minimum absolute atomic E-state index is 0.256. The van der Waals surface area contributed by atoms with Gasteiger partial charge in [-0.2, -0.15) is 0 Å². The molecule has 0 aromatic heterocycles. The molecule has 0 saturated heterocycles. The zero-order chi connectivity index (χ0) is 17.0. The Morgan fingerprint density at radius 3 is 2.39 bits per heavy atom. The molecule has 7 heteroatoms. The van der Waals surface area contributed by atoms with Crippen LogP contribution in [0.5, 0.6) is 0 Å². The minimum Gasteiger partial charge on any atom is -0.337 e. The molecule has 23 heavy (non-hydrogen) atoms. The van der Waals surface area contributed by atoms with Crippen LogP contribution in [0.15, 0.2) is 48.5 Å². The van der Waals surface area contributed by atoms with Gasteiger partial charge in [0.05, 0.1) is 17.5 Å². The van der Waals surface area contributed by atoms with Crippen LogP contribution >= 0.6 is 11.6 Å². The number of benzene rings is 2. The van der Waals surface area contributed by atoms with E-state index >= 15 is 0 Å². The van der Waals surface area contributed by atoms with Gasteiger partial charge in [0.15, 0.2) is 0 Å². The summed E-state index contributed by atoms with van der Waals surface area (Å²) in [4.78, 5) is 14.1. The number of carbonyl (C=O) groups excluding carboxylic acids is 1. The van der Waals surface area contributed by atoms with Crippen LogP contribution in [0.4, 0.5) is 5.69 Å². The Bertz CT molecular complexity index is 822. The van der Waals surface area contributed by atoms with Crippen LogP contribution in [0.3, 0.4) is 0 Å². The lowest BCUT2D eigenvalue weighted by molar-refractivity contribution is 0.0786. The second kappa shape index (κ2) is 7.02. The van der Waals surface area contributed by atoms with Gasteiger partial charge in [0.1, 0.15) is 0 Å². The molecule has 0 heterocycles. The standard InChI is InChI=1S/C16H17ClN2O3S/c1-19(11-12-7-3-5-9-14(12)17)16(20)13-8-4-6-10-15(13)18-23(2,21)22/h3-10,18H,11H2,1-2H3. The number of nitrogens with zero attached hydrogens (tertiary/aromatic N) is 1. The lowest BCUT2D eigenvalue weighted by atomic mass is 10.1. The molecule has 2 rings (SSSR count). The van der Waals surface area contributed by atoms with Gasteiger partial charge < -0.3 is 4.90 Å². The molecule has 5 nitrogen and oxygen atoms in total. The van der Waals surface area contributed by atoms with Crippen LogP contribution in [0.2, 0.25) is 5.02 Å². The fourth-order valence-electron chi connectivity index (χ4n) is 2.12. The zero-order valence-electron chi connectivity index (χ0n) is 12.8. The Labute approximate surface area is 140 Å². The van der Waals surface area contributed by atoms with Crippen molar-refractivity contribution < 1.29 is 13.2 Å². The van der Waals surface area contributed by atoms with Crippen LogP contribution in [-0.2, 0) is 16.6 Å². The van der Waals surface area contributed by atoms with Crippen LogP contribution in [-0.4, -0.2) is 32.5 Å². The molecule has 0 saturated carbocycles. The summed E-state index contributed by atoms with van der Waals surface area (Å²) in [6.45, 7) is 0.325. The van der Waals surface area contributed by atoms with E-state index in [9.17, 15) is 13.2 Å². The van der Waals surface area contributed by atoms with Crippen molar-refractivity contribution in [2.45, 2.75) is 6.54 Å². The van der Waals surface area contributed by atoms with E-state index < -0.39 is 10.0 Å². The number of amides is 1. The van der Waals surface area contributed by atoms with E-state index in [0.29, 0.717) is 11.6 Å². The van der Waals surface area contributed by atoms with E-state index in [0.717, 1.165) is 11.8 Å². The average molecular weight is 353 g/mol. The Kier molecular flexibility index (Phi) is 5.28. The third kappa shape index (κ3) is 4.71. The fourth-order valence-corrected chi connectivity index (χ4v) is 2.89. The van der Waals surface area contributed by atoms with Crippen LogP contribution in [0.25, 0.3) is 0 Å². The van der Waals surface area contributed by atoms with Crippen molar-refractivity contribution in [2.24, 2.45) is 0 Å². The Balaban J connectivity index is 2.25. The van der Waals surface area contributed by atoms with Crippen molar-refractivity contribution in [3.8, 4) is 0 Å². The molecular formula is C16H17ClN2O3S. The summed E-state index contributed by atoms with van der Waals surface area (Å²) in [5.41, 5.74) is 1.36. The molecule has 0 aliphatic heterocycles. The highest BCUT2D eigenvalue weighted by molar-refractivity contribution is 7.92. The number of rotatable bonds is 5. The number of hydrogen-bond acceptors (Lipinski definition) is 3. The number of sulfonamides is 1. The molecule has 1 amide bonds. The summed E-state index contributed by atoms with van der Waals surface area (Å²) in [7, 11) is -1.82. The monoisotopic (exact) mass is 352 g/mol. The molecule has 0 unspecified atom stereocenters. The summed E-state index contributed by atoms with van der Waals surface area (Å²) in [6, 6.07) is 13.7. The Morgan fingerprint density at radius 1 is 1.13 bits per heavy atom. The third-order valence-corrected chi connectivity index (χ3v) is 4.12. The molecule has 0 spiro atoms. The second-order valence-corrected chi connectivity index (χ2v) is 7.33. The molecule has 0 bridgehead atoms. The van der Waals surface area contributed by atoms with E-state index in [1.54, 1.807) is 37.4 Å². The first-order valence-electron chi connectivity index (χ1n) is 6.83. The highest BCUT2D eigenvalue weighted by Crippen LogP contribution is 2.21. The predicted molar refractivity (Wildman–Crippen MR) is 92.2 cm³/mol. The number of nitrogens with one attached hydrogen (secondary N) is 1. The molecule has 2 aromatic carbocycles. The molecular weight excluding hydrogens is 336 g/mol. The molecule has 0 aliphatic carbocycles. The largest absolute Gasteiger partial charge is 0.337 e. The van der Waals surface area contributed by atoms with Crippen LogP contribution < -0.4 is 4.72 Å². The van der Waals surface area contributed by atoms with Gasteiger partial charge in [-0.25, -0.2) is 8.42 Å². The predicted octanol–water partition coefficient (Wildman–Crippen LogP) is 2.98. The number of halogens is 1. The molecule has 1 N–H and O–H groups in total. The van der Waals surface area contributed by atoms with Crippen molar-refractivity contribution in [1.29, 1.82) is 0 Å². The van der Waals surface area contributed by atoms with Gasteiger partial charge in [-0.3, -0.25) is 9.52 Å².